The van der Waals surface area contributed by atoms with Crippen molar-refractivity contribution in [3.05, 3.63) is 123 Å². The lowest BCUT2D eigenvalue weighted by Crippen LogP contribution is -2.06. The van der Waals surface area contributed by atoms with Crippen molar-refractivity contribution in [2.45, 2.75) is 6.10 Å². The zero-order chi connectivity index (χ0) is 23.4. The molecular weight excluding hydrogens is 444 g/mol. The molecule has 3 aromatic rings. The lowest BCUT2D eigenvalue weighted by atomic mass is 10.1. The van der Waals surface area contributed by atoms with Gasteiger partial charge in [0.15, 0.2) is 5.70 Å². The largest absolute Gasteiger partial charge is 0.482 e. The number of nitro benzene ring substituents is 1. The quantitative estimate of drug-likeness (QED) is 0.144. The molecule has 0 saturated heterocycles. The minimum Gasteiger partial charge on any atom is -0.482 e. The molecule has 4 rings (SSSR count). The van der Waals surface area contributed by atoms with Gasteiger partial charge in [-0.15, -0.1) is 0 Å². The number of carbonyl (C=O) groups is 1. The summed E-state index contributed by atoms with van der Waals surface area (Å²) in [5, 5.41) is 11.2. The fourth-order valence-electron chi connectivity index (χ4n) is 3.16. The first-order valence-corrected chi connectivity index (χ1v) is 10.2. The van der Waals surface area contributed by atoms with E-state index in [4.69, 9.17) is 21.1 Å². The maximum atomic E-state index is 12.3. The Kier molecular flexibility index (Phi) is 6.33. The van der Waals surface area contributed by atoms with Crippen LogP contribution in [0.2, 0.25) is 5.02 Å². The molecule has 0 saturated carbocycles. The summed E-state index contributed by atoms with van der Waals surface area (Å²) in [4.78, 5) is 26.9. The van der Waals surface area contributed by atoms with E-state index < -0.39 is 10.9 Å². The summed E-state index contributed by atoms with van der Waals surface area (Å²) < 4.78 is 11.2. The number of nitro groups is 1. The van der Waals surface area contributed by atoms with Gasteiger partial charge in [-0.05, 0) is 41.5 Å². The van der Waals surface area contributed by atoms with Gasteiger partial charge in [-0.25, -0.2) is 9.79 Å². The number of cyclic esters (lactones) is 1. The van der Waals surface area contributed by atoms with Crippen LogP contribution < -0.4 is 4.74 Å². The van der Waals surface area contributed by atoms with Crippen LogP contribution in [0.5, 0.6) is 5.75 Å². The van der Waals surface area contributed by atoms with Gasteiger partial charge in [-0.1, -0.05) is 60.6 Å². The molecule has 1 atom stereocenters. The Morgan fingerprint density at radius 3 is 2.48 bits per heavy atom. The van der Waals surface area contributed by atoms with Gasteiger partial charge in [0.25, 0.3) is 5.69 Å². The number of aliphatic imine (C=N–C) groups is 1. The van der Waals surface area contributed by atoms with Crippen LogP contribution in [0.1, 0.15) is 22.8 Å². The second kappa shape index (κ2) is 9.50. The maximum absolute atomic E-state index is 12.3. The SMILES string of the molecule is C=CC(Oc1ccc(/C=C2\N=C(c3cc([N+](=O)[O-])ccc3Cl)OC2=O)cc1)c1ccccc1. The standard InChI is InChI=1S/C25H17ClN2O5/c1-2-23(17-6-4-3-5-7-17)32-19-11-8-16(9-12-19)14-22-25(29)33-24(27-22)20-15-18(28(30)31)10-13-21(20)26/h2-15,23H,1H2/b22-14-. The topological polar surface area (TPSA) is 91.0 Å². The number of benzene rings is 3. The molecule has 0 spiro atoms. The van der Waals surface area contributed by atoms with Gasteiger partial charge in [-0.2, -0.15) is 0 Å². The Hall–Kier alpha value is -4.23. The third kappa shape index (κ3) is 4.99. The van der Waals surface area contributed by atoms with Gasteiger partial charge >= 0.3 is 5.97 Å². The lowest BCUT2D eigenvalue weighted by molar-refractivity contribution is -0.384. The molecule has 8 heteroatoms. The molecule has 1 aliphatic rings. The number of carbonyl (C=O) groups excluding carboxylic acids is 1. The van der Waals surface area contributed by atoms with Crippen LogP contribution in [0, 0.1) is 10.1 Å². The minimum absolute atomic E-state index is 0.0505. The second-order valence-corrected chi connectivity index (χ2v) is 7.42. The van der Waals surface area contributed by atoms with Gasteiger partial charge < -0.3 is 9.47 Å². The van der Waals surface area contributed by atoms with Crippen LogP contribution >= 0.6 is 11.6 Å². The van der Waals surface area contributed by atoms with E-state index in [9.17, 15) is 14.9 Å². The van der Waals surface area contributed by atoms with Crippen LogP contribution in [0.4, 0.5) is 5.69 Å². The summed E-state index contributed by atoms with van der Waals surface area (Å²) in [6, 6.07) is 20.6. The molecule has 1 aliphatic heterocycles. The first kappa shape index (κ1) is 22.0. The number of ether oxygens (including phenoxy) is 2. The molecule has 3 aromatic carbocycles. The highest BCUT2D eigenvalue weighted by atomic mass is 35.5. The lowest BCUT2D eigenvalue weighted by Gasteiger charge is -2.16. The molecule has 0 bridgehead atoms. The van der Waals surface area contributed by atoms with E-state index in [0.29, 0.717) is 11.3 Å². The van der Waals surface area contributed by atoms with Crippen LogP contribution in [-0.4, -0.2) is 16.8 Å². The number of hydrogen-bond acceptors (Lipinski definition) is 6. The summed E-state index contributed by atoms with van der Waals surface area (Å²) in [6.45, 7) is 3.83. The molecule has 33 heavy (non-hydrogen) atoms. The Labute approximate surface area is 194 Å². The fourth-order valence-corrected chi connectivity index (χ4v) is 3.36. The number of esters is 1. The van der Waals surface area contributed by atoms with Gasteiger partial charge in [0.2, 0.25) is 5.90 Å². The number of hydrogen-bond donors (Lipinski definition) is 0. The predicted molar refractivity (Wildman–Crippen MR) is 125 cm³/mol. The molecule has 0 aromatic heterocycles. The van der Waals surface area contributed by atoms with Crippen molar-refractivity contribution in [2.75, 3.05) is 0 Å². The van der Waals surface area contributed by atoms with Crippen LogP contribution in [0.3, 0.4) is 0 Å². The summed E-state index contributed by atoms with van der Waals surface area (Å²) in [7, 11) is 0. The first-order chi connectivity index (χ1) is 15.9. The van der Waals surface area contributed by atoms with E-state index in [0.717, 1.165) is 5.56 Å². The number of nitrogens with zero attached hydrogens (tertiary/aromatic N) is 2. The smallest absolute Gasteiger partial charge is 0.363 e. The van der Waals surface area contributed by atoms with Crippen LogP contribution in [0.15, 0.2) is 96.1 Å². The van der Waals surface area contributed by atoms with Crippen molar-refractivity contribution < 1.29 is 19.2 Å². The molecule has 0 amide bonds. The highest BCUT2D eigenvalue weighted by Gasteiger charge is 2.27. The third-order valence-electron chi connectivity index (χ3n) is 4.80. The monoisotopic (exact) mass is 460 g/mol. The van der Waals surface area contributed by atoms with Crippen molar-refractivity contribution in [3.8, 4) is 5.75 Å². The minimum atomic E-state index is -0.677. The zero-order valence-electron chi connectivity index (χ0n) is 17.2. The van der Waals surface area contributed by atoms with Gasteiger partial charge in [0.05, 0.1) is 15.5 Å². The maximum Gasteiger partial charge on any atom is 0.363 e. The van der Waals surface area contributed by atoms with E-state index in [1.807, 2.05) is 30.3 Å². The summed E-state index contributed by atoms with van der Waals surface area (Å²) >= 11 is 6.12. The predicted octanol–water partition coefficient (Wildman–Crippen LogP) is 5.90. The number of halogens is 1. The summed E-state index contributed by atoms with van der Waals surface area (Å²) in [5.74, 6) is -0.132. The summed E-state index contributed by atoms with van der Waals surface area (Å²) in [6.07, 6.45) is 2.97. The van der Waals surface area contributed by atoms with E-state index in [1.54, 1.807) is 36.4 Å². The van der Waals surface area contributed by atoms with Crippen molar-refractivity contribution >= 4 is 35.2 Å². The molecule has 0 aliphatic carbocycles. The van der Waals surface area contributed by atoms with Gasteiger partial charge in [0.1, 0.15) is 11.9 Å². The molecule has 1 heterocycles. The highest BCUT2D eigenvalue weighted by molar-refractivity contribution is 6.34. The second-order valence-electron chi connectivity index (χ2n) is 7.01. The molecule has 0 fully saturated rings. The van der Waals surface area contributed by atoms with Crippen molar-refractivity contribution in [3.63, 3.8) is 0 Å². The van der Waals surface area contributed by atoms with Gasteiger partial charge in [0, 0.05) is 12.1 Å². The molecule has 0 radical (unpaired) electrons. The molecule has 7 nitrogen and oxygen atoms in total. The molecule has 1 unspecified atom stereocenters. The summed E-state index contributed by atoms with van der Waals surface area (Å²) in [5.41, 5.74) is 1.71. The molecule has 164 valence electrons. The average Bonchev–Trinajstić information content (AvgIpc) is 3.19. The van der Waals surface area contributed by atoms with E-state index in [-0.39, 0.29) is 34.0 Å². The Balaban J connectivity index is 1.54. The Morgan fingerprint density at radius 1 is 1.09 bits per heavy atom. The Morgan fingerprint density at radius 2 is 1.82 bits per heavy atom. The fraction of sp³-hybridized carbons (Fsp3) is 0.0400. The molecule has 0 N–H and O–H groups in total. The average molecular weight is 461 g/mol. The zero-order valence-corrected chi connectivity index (χ0v) is 17.9. The number of non-ortho nitro benzene ring substituents is 1. The van der Waals surface area contributed by atoms with Crippen LogP contribution in [0.25, 0.3) is 6.08 Å². The van der Waals surface area contributed by atoms with Gasteiger partial charge in [-0.3, -0.25) is 10.1 Å². The van der Waals surface area contributed by atoms with Crippen molar-refractivity contribution in [2.24, 2.45) is 4.99 Å². The van der Waals surface area contributed by atoms with Crippen molar-refractivity contribution in [1.29, 1.82) is 0 Å². The Bertz CT molecular complexity index is 1280. The van der Waals surface area contributed by atoms with E-state index >= 15 is 0 Å². The highest BCUT2D eigenvalue weighted by Crippen LogP contribution is 2.28. The number of rotatable bonds is 7. The van der Waals surface area contributed by atoms with E-state index in [1.165, 1.54) is 18.2 Å². The van der Waals surface area contributed by atoms with E-state index in [2.05, 4.69) is 11.6 Å². The normalized spacial score (nSPS) is 15.0. The first-order valence-electron chi connectivity index (χ1n) is 9.85. The third-order valence-corrected chi connectivity index (χ3v) is 5.13. The van der Waals surface area contributed by atoms with Crippen LogP contribution in [-0.2, 0) is 9.53 Å². The van der Waals surface area contributed by atoms with Crippen molar-refractivity contribution in [1.82, 2.24) is 0 Å². The molecular formula is C25H17ClN2O5.